The lowest BCUT2D eigenvalue weighted by molar-refractivity contribution is 0.0389. The molecule has 0 spiro atoms. The maximum atomic E-state index is 13.7. The number of rotatable bonds is 2. The van der Waals surface area contributed by atoms with Crippen molar-refractivity contribution < 1.29 is 9.50 Å². The summed E-state index contributed by atoms with van der Waals surface area (Å²) in [5, 5.41) is 10.8. The van der Waals surface area contributed by atoms with E-state index in [4.69, 9.17) is 0 Å². The van der Waals surface area contributed by atoms with E-state index in [2.05, 4.69) is 15.9 Å². The highest BCUT2D eigenvalue weighted by Crippen LogP contribution is 2.40. The molecule has 0 bridgehead atoms. The van der Waals surface area contributed by atoms with Crippen molar-refractivity contribution in [2.24, 2.45) is 0 Å². The van der Waals surface area contributed by atoms with Gasteiger partial charge in [-0.15, -0.1) is 0 Å². The predicted molar refractivity (Wildman–Crippen MR) is 76.5 cm³/mol. The first-order chi connectivity index (χ1) is 9.08. The Balaban J connectivity index is 1.94. The molecule has 3 rings (SSSR count). The van der Waals surface area contributed by atoms with Crippen LogP contribution in [0.3, 0.4) is 0 Å². The van der Waals surface area contributed by atoms with Crippen molar-refractivity contribution in [3.8, 4) is 0 Å². The van der Waals surface area contributed by atoms with Gasteiger partial charge in [0.25, 0.3) is 0 Å². The normalized spacial score (nSPS) is 21.4. The highest BCUT2D eigenvalue weighted by molar-refractivity contribution is 9.10. The maximum absolute atomic E-state index is 13.7. The second kappa shape index (κ2) is 4.73. The van der Waals surface area contributed by atoms with Gasteiger partial charge in [0, 0.05) is 10.9 Å². The van der Waals surface area contributed by atoms with Gasteiger partial charge in [-0.3, -0.25) is 0 Å². The highest BCUT2D eigenvalue weighted by atomic mass is 79.9. The molecule has 0 radical (unpaired) electrons. The SMILES string of the molecule is OC1(Cc2ccc(Br)cc2)CCc2c(F)cccc21. The number of aliphatic hydroxyl groups is 1. The van der Waals surface area contributed by atoms with Crippen molar-refractivity contribution in [3.05, 3.63) is 69.4 Å². The Morgan fingerprint density at radius 2 is 1.89 bits per heavy atom. The van der Waals surface area contributed by atoms with Crippen LogP contribution in [0, 0.1) is 5.82 Å². The Morgan fingerprint density at radius 1 is 1.16 bits per heavy atom. The van der Waals surface area contributed by atoms with Crippen molar-refractivity contribution in [3.63, 3.8) is 0 Å². The van der Waals surface area contributed by atoms with Gasteiger partial charge in [0.1, 0.15) is 5.82 Å². The third-order valence-electron chi connectivity index (χ3n) is 3.82. The minimum atomic E-state index is -0.939. The quantitative estimate of drug-likeness (QED) is 0.887. The maximum Gasteiger partial charge on any atom is 0.126 e. The van der Waals surface area contributed by atoms with Crippen LogP contribution in [0.25, 0.3) is 0 Å². The van der Waals surface area contributed by atoms with Gasteiger partial charge in [0.15, 0.2) is 0 Å². The zero-order chi connectivity index (χ0) is 13.5. The molecule has 3 heteroatoms. The number of halogens is 2. The summed E-state index contributed by atoms with van der Waals surface area (Å²) in [5.74, 6) is -0.204. The first kappa shape index (κ1) is 12.8. The monoisotopic (exact) mass is 320 g/mol. The third-order valence-corrected chi connectivity index (χ3v) is 4.35. The Morgan fingerprint density at radius 3 is 2.63 bits per heavy atom. The molecule has 0 aromatic heterocycles. The molecule has 0 aliphatic heterocycles. The van der Waals surface area contributed by atoms with E-state index < -0.39 is 5.60 Å². The Hall–Kier alpha value is -1.19. The van der Waals surface area contributed by atoms with Crippen LogP contribution in [0.1, 0.15) is 23.1 Å². The van der Waals surface area contributed by atoms with Crippen molar-refractivity contribution in [2.75, 3.05) is 0 Å². The van der Waals surface area contributed by atoms with E-state index in [1.165, 1.54) is 6.07 Å². The molecule has 19 heavy (non-hydrogen) atoms. The topological polar surface area (TPSA) is 20.2 Å². The molecule has 0 amide bonds. The van der Waals surface area contributed by atoms with Crippen LogP contribution in [-0.2, 0) is 18.4 Å². The largest absolute Gasteiger partial charge is 0.385 e. The molecule has 0 saturated heterocycles. The van der Waals surface area contributed by atoms with Gasteiger partial charge in [-0.25, -0.2) is 4.39 Å². The summed E-state index contributed by atoms with van der Waals surface area (Å²) >= 11 is 3.39. The van der Waals surface area contributed by atoms with E-state index >= 15 is 0 Å². The predicted octanol–water partition coefficient (Wildman–Crippen LogP) is 3.96. The molecule has 1 N–H and O–H groups in total. The molecule has 0 saturated carbocycles. The van der Waals surface area contributed by atoms with Crippen molar-refractivity contribution in [1.82, 2.24) is 0 Å². The minimum absolute atomic E-state index is 0.204. The lowest BCUT2D eigenvalue weighted by Crippen LogP contribution is -2.25. The minimum Gasteiger partial charge on any atom is -0.385 e. The molecule has 0 fully saturated rings. The van der Waals surface area contributed by atoms with Gasteiger partial charge in [0.05, 0.1) is 5.60 Å². The van der Waals surface area contributed by atoms with E-state index in [0.29, 0.717) is 24.8 Å². The molecule has 98 valence electrons. The molecule has 0 heterocycles. The lowest BCUT2D eigenvalue weighted by atomic mass is 9.89. The van der Waals surface area contributed by atoms with Gasteiger partial charge < -0.3 is 5.11 Å². The van der Waals surface area contributed by atoms with Crippen LogP contribution in [0.4, 0.5) is 4.39 Å². The number of hydrogen-bond donors (Lipinski definition) is 1. The third kappa shape index (κ3) is 2.33. The summed E-state index contributed by atoms with van der Waals surface area (Å²) in [5.41, 5.74) is 1.53. The van der Waals surface area contributed by atoms with E-state index in [0.717, 1.165) is 15.6 Å². The molecule has 1 atom stereocenters. The van der Waals surface area contributed by atoms with Gasteiger partial charge in [-0.1, -0.05) is 40.2 Å². The van der Waals surface area contributed by atoms with Crippen LogP contribution in [0.2, 0.25) is 0 Å². The lowest BCUT2D eigenvalue weighted by Gasteiger charge is -2.24. The zero-order valence-electron chi connectivity index (χ0n) is 10.4. The molecular formula is C16H14BrFO. The fourth-order valence-corrected chi connectivity index (χ4v) is 3.10. The second-order valence-corrected chi connectivity index (χ2v) is 6.02. The first-order valence-electron chi connectivity index (χ1n) is 6.33. The molecule has 1 aliphatic rings. The number of benzene rings is 2. The summed E-state index contributed by atoms with van der Waals surface area (Å²) in [4.78, 5) is 0. The fourth-order valence-electron chi connectivity index (χ4n) is 2.84. The van der Waals surface area contributed by atoms with Crippen LogP contribution in [-0.4, -0.2) is 5.11 Å². The summed E-state index contributed by atoms with van der Waals surface area (Å²) in [6.07, 6.45) is 1.71. The van der Waals surface area contributed by atoms with Crippen LogP contribution in [0.5, 0.6) is 0 Å². The first-order valence-corrected chi connectivity index (χ1v) is 7.12. The Bertz CT molecular complexity index is 609. The number of fused-ring (bicyclic) bond motifs is 1. The van der Waals surface area contributed by atoms with Crippen molar-refractivity contribution >= 4 is 15.9 Å². The van der Waals surface area contributed by atoms with Crippen LogP contribution < -0.4 is 0 Å². The molecule has 1 aliphatic carbocycles. The van der Waals surface area contributed by atoms with Crippen LogP contribution >= 0.6 is 15.9 Å². The molecular weight excluding hydrogens is 307 g/mol. The molecule has 2 aromatic carbocycles. The zero-order valence-corrected chi connectivity index (χ0v) is 12.0. The summed E-state index contributed by atoms with van der Waals surface area (Å²) < 4.78 is 14.7. The van der Waals surface area contributed by atoms with Crippen molar-refractivity contribution in [1.29, 1.82) is 0 Å². The van der Waals surface area contributed by atoms with Crippen LogP contribution in [0.15, 0.2) is 46.9 Å². The summed E-state index contributed by atoms with van der Waals surface area (Å²) in [7, 11) is 0. The summed E-state index contributed by atoms with van der Waals surface area (Å²) in [6, 6.07) is 12.9. The van der Waals surface area contributed by atoms with Gasteiger partial charge in [-0.2, -0.15) is 0 Å². The van der Waals surface area contributed by atoms with E-state index in [1.807, 2.05) is 30.3 Å². The molecule has 1 nitrogen and oxygen atoms in total. The fraction of sp³-hybridized carbons (Fsp3) is 0.250. The van der Waals surface area contributed by atoms with Gasteiger partial charge in [-0.05, 0) is 47.7 Å². The average molecular weight is 321 g/mol. The Kier molecular flexibility index (Phi) is 3.19. The molecule has 1 unspecified atom stereocenters. The summed E-state index contributed by atoms with van der Waals surface area (Å²) in [6.45, 7) is 0. The Labute approximate surface area is 120 Å². The average Bonchev–Trinajstić information content (AvgIpc) is 2.72. The molecule has 2 aromatic rings. The van der Waals surface area contributed by atoms with Crippen molar-refractivity contribution in [2.45, 2.75) is 24.9 Å². The number of hydrogen-bond acceptors (Lipinski definition) is 1. The van der Waals surface area contributed by atoms with E-state index in [1.54, 1.807) is 6.07 Å². The smallest absolute Gasteiger partial charge is 0.126 e. The highest BCUT2D eigenvalue weighted by Gasteiger charge is 2.37. The van der Waals surface area contributed by atoms with Gasteiger partial charge >= 0.3 is 0 Å². The van der Waals surface area contributed by atoms with E-state index in [9.17, 15) is 9.50 Å². The van der Waals surface area contributed by atoms with E-state index in [-0.39, 0.29) is 5.82 Å². The standard InChI is InChI=1S/C16H14BrFO/c17-12-6-4-11(5-7-12)10-16(19)9-8-13-14(16)2-1-3-15(13)18/h1-7,19H,8-10H2. The second-order valence-electron chi connectivity index (χ2n) is 5.10. The van der Waals surface area contributed by atoms with Gasteiger partial charge in [0.2, 0.25) is 0 Å².